The van der Waals surface area contributed by atoms with Crippen molar-refractivity contribution in [1.29, 1.82) is 0 Å². The number of aliphatic imine (C=N–C) groups is 1. The van der Waals surface area contributed by atoms with Crippen molar-refractivity contribution in [3.8, 4) is 0 Å². The van der Waals surface area contributed by atoms with E-state index in [-0.39, 0.29) is 11.2 Å². The normalized spacial score (nSPS) is 16.6. The standard InChI is InChI=1S/C22H27ClFN3O/c1-25-21(26-13-10-17-4-2-3-5-20(17)23)27-16-22(11-14-28-15-12-22)18-6-8-19(24)9-7-18/h2-9H,10-16H2,1H3,(H2,25,26,27). The van der Waals surface area contributed by atoms with Gasteiger partial charge < -0.3 is 15.4 Å². The fraction of sp³-hybridized carbons (Fsp3) is 0.409. The fourth-order valence-electron chi connectivity index (χ4n) is 3.62. The van der Waals surface area contributed by atoms with E-state index in [2.05, 4.69) is 15.6 Å². The predicted molar refractivity (Wildman–Crippen MR) is 113 cm³/mol. The summed E-state index contributed by atoms with van der Waals surface area (Å²) >= 11 is 6.22. The van der Waals surface area contributed by atoms with E-state index in [1.165, 1.54) is 12.1 Å². The van der Waals surface area contributed by atoms with E-state index in [1.807, 2.05) is 36.4 Å². The van der Waals surface area contributed by atoms with Gasteiger partial charge in [0.1, 0.15) is 5.82 Å². The second-order valence-electron chi connectivity index (χ2n) is 7.09. The van der Waals surface area contributed by atoms with Crippen molar-refractivity contribution in [1.82, 2.24) is 10.6 Å². The van der Waals surface area contributed by atoms with Crippen molar-refractivity contribution >= 4 is 17.6 Å². The van der Waals surface area contributed by atoms with Crippen LogP contribution >= 0.6 is 11.6 Å². The summed E-state index contributed by atoms with van der Waals surface area (Å²) in [5.41, 5.74) is 2.15. The number of rotatable bonds is 6. The van der Waals surface area contributed by atoms with Crippen molar-refractivity contribution < 1.29 is 9.13 Å². The van der Waals surface area contributed by atoms with Crippen LogP contribution < -0.4 is 10.6 Å². The largest absolute Gasteiger partial charge is 0.381 e. The molecule has 150 valence electrons. The Labute approximate surface area is 171 Å². The zero-order valence-electron chi connectivity index (χ0n) is 16.2. The highest BCUT2D eigenvalue weighted by Crippen LogP contribution is 2.34. The highest BCUT2D eigenvalue weighted by Gasteiger charge is 2.34. The molecule has 2 N–H and O–H groups in total. The SMILES string of the molecule is CN=C(NCCc1ccccc1Cl)NCC1(c2ccc(F)cc2)CCOCC1. The van der Waals surface area contributed by atoms with Gasteiger partial charge in [0.25, 0.3) is 0 Å². The summed E-state index contributed by atoms with van der Waals surface area (Å²) in [5, 5.41) is 7.58. The summed E-state index contributed by atoms with van der Waals surface area (Å²) in [6.45, 7) is 2.86. The van der Waals surface area contributed by atoms with E-state index in [1.54, 1.807) is 7.05 Å². The van der Waals surface area contributed by atoms with Gasteiger partial charge in [-0.1, -0.05) is 41.9 Å². The predicted octanol–water partition coefficient (Wildman–Crippen LogP) is 3.94. The number of nitrogens with zero attached hydrogens (tertiary/aromatic N) is 1. The first-order valence-corrected chi connectivity index (χ1v) is 10.0. The average molecular weight is 404 g/mol. The molecule has 28 heavy (non-hydrogen) atoms. The zero-order chi connectivity index (χ0) is 19.8. The molecule has 0 spiro atoms. The summed E-state index contributed by atoms with van der Waals surface area (Å²) < 4.78 is 18.9. The van der Waals surface area contributed by atoms with E-state index < -0.39 is 0 Å². The Balaban J connectivity index is 1.60. The van der Waals surface area contributed by atoms with Gasteiger partial charge >= 0.3 is 0 Å². The van der Waals surface area contributed by atoms with Crippen LogP contribution in [0.15, 0.2) is 53.5 Å². The molecule has 0 radical (unpaired) electrons. The number of guanidine groups is 1. The van der Waals surface area contributed by atoms with E-state index in [0.29, 0.717) is 19.8 Å². The van der Waals surface area contributed by atoms with E-state index in [4.69, 9.17) is 16.3 Å². The van der Waals surface area contributed by atoms with Crippen molar-refractivity contribution in [3.05, 3.63) is 70.5 Å². The molecule has 1 aliphatic rings. The molecule has 2 aromatic carbocycles. The van der Waals surface area contributed by atoms with Gasteiger partial charge in [0.2, 0.25) is 0 Å². The molecule has 6 heteroatoms. The van der Waals surface area contributed by atoms with Gasteiger partial charge in [-0.15, -0.1) is 0 Å². The van der Waals surface area contributed by atoms with E-state index >= 15 is 0 Å². The molecule has 0 atom stereocenters. The molecule has 4 nitrogen and oxygen atoms in total. The number of ether oxygens (including phenoxy) is 1. The summed E-state index contributed by atoms with van der Waals surface area (Å²) in [4.78, 5) is 4.34. The molecular weight excluding hydrogens is 377 g/mol. The van der Waals surface area contributed by atoms with Crippen LogP contribution in [-0.4, -0.2) is 39.3 Å². The van der Waals surface area contributed by atoms with Gasteiger partial charge in [-0.25, -0.2) is 4.39 Å². The lowest BCUT2D eigenvalue weighted by Gasteiger charge is -2.38. The molecular formula is C22H27ClFN3O. The smallest absolute Gasteiger partial charge is 0.191 e. The molecule has 1 saturated heterocycles. The van der Waals surface area contributed by atoms with Crippen LogP contribution in [0.25, 0.3) is 0 Å². The van der Waals surface area contributed by atoms with Crippen LogP contribution in [0.3, 0.4) is 0 Å². The van der Waals surface area contributed by atoms with Crippen LogP contribution in [0.4, 0.5) is 4.39 Å². The minimum Gasteiger partial charge on any atom is -0.381 e. The maximum atomic E-state index is 13.4. The first-order valence-electron chi connectivity index (χ1n) is 9.65. The lowest BCUT2D eigenvalue weighted by Crippen LogP contribution is -2.48. The topological polar surface area (TPSA) is 45.7 Å². The van der Waals surface area contributed by atoms with Gasteiger partial charge in [-0.3, -0.25) is 4.99 Å². The molecule has 0 aliphatic carbocycles. The van der Waals surface area contributed by atoms with Crippen molar-refractivity contribution in [2.45, 2.75) is 24.7 Å². The molecule has 1 heterocycles. The number of hydrogen-bond acceptors (Lipinski definition) is 2. The zero-order valence-corrected chi connectivity index (χ0v) is 16.9. The van der Waals surface area contributed by atoms with E-state index in [0.717, 1.165) is 47.9 Å². The molecule has 3 rings (SSSR count). The summed E-state index contributed by atoms with van der Waals surface area (Å²) in [6.07, 6.45) is 2.60. The minimum absolute atomic E-state index is 0.0910. The number of halogens is 2. The molecule has 2 aromatic rings. The molecule has 0 aromatic heterocycles. The van der Waals surface area contributed by atoms with Crippen LogP contribution in [0.2, 0.25) is 5.02 Å². The lowest BCUT2D eigenvalue weighted by molar-refractivity contribution is 0.0513. The highest BCUT2D eigenvalue weighted by atomic mass is 35.5. The Morgan fingerprint density at radius 1 is 1.11 bits per heavy atom. The number of nitrogens with one attached hydrogen (secondary N) is 2. The first kappa shape index (κ1) is 20.6. The highest BCUT2D eigenvalue weighted by molar-refractivity contribution is 6.31. The van der Waals surface area contributed by atoms with Crippen LogP contribution in [0.1, 0.15) is 24.0 Å². The third-order valence-electron chi connectivity index (χ3n) is 5.37. The molecule has 1 aliphatic heterocycles. The Hall–Kier alpha value is -2.11. The van der Waals surface area contributed by atoms with Crippen LogP contribution in [0.5, 0.6) is 0 Å². The maximum Gasteiger partial charge on any atom is 0.191 e. The molecule has 0 saturated carbocycles. The molecule has 0 amide bonds. The van der Waals surface area contributed by atoms with Gasteiger partial charge in [-0.2, -0.15) is 0 Å². The second-order valence-corrected chi connectivity index (χ2v) is 7.50. The molecule has 0 unspecified atom stereocenters. The van der Waals surface area contributed by atoms with Gasteiger partial charge in [0.05, 0.1) is 0 Å². The van der Waals surface area contributed by atoms with Gasteiger partial charge in [0.15, 0.2) is 5.96 Å². The number of benzene rings is 2. The number of hydrogen-bond donors (Lipinski definition) is 2. The van der Waals surface area contributed by atoms with Crippen molar-refractivity contribution in [2.24, 2.45) is 4.99 Å². The lowest BCUT2D eigenvalue weighted by atomic mass is 9.74. The average Bonchev–Trinajstić information content (AvgIpc) is 2.73. The fourth-order valence-corrected chi connectivity index (χ4v) is 3.85. The summed E-state index contributed by atoms with van der Waals surface area (Å²) in [6, 6.07) is 14.7. The Kier molecular flexibility index (Phi) is 7.29. The maximum absolute atomic E-state index is 13.4. The van der Waals surface area contributed by atoms with Crippen LogP contribution in [-0.2, 0) is 16.6 Å². The van der Waals surface area contributed by atoms with Gasteiger partial charge in [-0.05, 0) is 48.6 Å². The quantitative estimate of drug-likeness (QED) is 0.567. The Bertz CT molecular complexity index is 789. The third-order valence-corrected chi connectivity index (χ3v) is 5.74. The third kappa shape index (κ3) is 5.24. The Morgan fingerprint density at radius 2 is 1.82 bits per heavy atom. The summed E-state index contributed by atoms with van der Waals surface area (Å²) in [7, 11) is 1.76. The second kappa shape index (κ2) is 9.89. The Morgan fingerprint density at radius 3 is 2.50 bits per heavy atom. The summed E-state index contributed by atoms with van der Waals surface area (Å²) in [5.74, 6) is 0.538. The van der Waals surface area contributed by atoms with Crippen molar-refractivity contribution in [2.75, 3.05) is 33.4 Å². The first-order chi connectivity index (χ1) is 13.6. The molecule has 0 bridgehead atoms. The van der Waals surface area contributed by atoms with Crippen LogP contribution in [0, 0.1) is 5.82 Å². The van der Waals surface area contributed by atoms with E-state index in [9.17, 15) is 4.39 Å². The molecule has 1 fully saturated rings. The van der Waals surface area contributed by atoms with Gasteiger partial charge in [0, 0.05) is 43.8 Å². The minimum atomic E-state index is -0.212. The van der Waals surface area contributed by atoms with Crippen molar-refractivity contribution in [3.63, 3.8) is 0 Å². The monoisotopic (exact) mass is 403 g/mol.